The molecule has 0 amide bonds. The maximum absolute atomic E-state index is 6.47. The van der Waals surface area contributed by atoms with Crippen LogP contribution in [0, 0.1) is 6.92 Å². The third-order valence-corrected chi connectivity index (χ3v) is 6.64. The van der Waals surface area contributed by atoms with Gasteiger partial charge in [0.15, 0.2) is 0 Å². The van der Waals surface area contributed by atoms with E-state index in [1.807, 2.05) is 19.1 Å². The zero-order valence-corrected chi connectivity index (χ0v) is 21.3. The molecule has 2 aliphatic rings. The zero-order chi connectivity index (χ0) is 24.5. The monoisotopic (exact) mass is 502 g/mol. The number of benzene rings is 1. The van der Waals surface area contributed by atoms with E-state index >= 15 is 0 Å². The third kappa shape index (κ3) is 7.20. The number of nitrogens with one attached hydrogen (secondary N) is 1. The average molecular weight is 503 g/mol. The van der Waals surface area contributed by atoms with E-state index in [0.717, 1.165) is 62.7 Å². The number of rotatable bonds is 10. The Labute approximate surface area is 210 Å². The summed E-state index contributed by atoms with van der Waals surface area (Å²) in [5, 5.41) is 13.0. The Morgan fingerprint density at radius 3 is 2.66 bits per heavy atom. The highest BCUT2D eigenvalue weighted by atomic mass is 32.1. The standard InChI is InChI=1S/C24H34N6O4S/c1-17-28-29-24(35-17)27-23(26-3)22-20(25-2)15-19(16-21(22)34-18-5-11-31-12-6-18)33-10-4-7-30-8-13-32-14-9-30/h15-16,18H,2,4-14H2,1,3H3,(H,26,27,29). The number of aryl methyl sites for hydroxylation is 1. The molecule has 0 aliphatic carbocycles. The van der Waals surface area contributed by atoms with E-state index in [1.165, 1.54) is 11.3 Å². The SMILES string of the molecule is C=Nc1cc(OCCCN2CCOCC2)cc(OC2CCOCC2)c1C(=NC)Nc1nnc(C)s1. The summed E-state index contributed by atoms with van der Waals surface area (Å²) in [6.45, 7) is 12.2. The van der Waals surface area contributed by atoms with Gasteiger partial charge in [-0.2, -0.15) is 0 Å². The lowest BCUT2D eigenvalue weighted by Gasteiger charge is -2.26. The minimum absolute atomic E-state index is 0.0404. The number of amidine groups is 1. The molecule has 1 N–H and O–H groups in total. The van der Waals surface area contributed by atoms with Crippen LogP contribution in [0.1, 0.15) is 29.8 Å². The molecule has 2 saturated heterocycles. The molecular formula is C24H34N6O4S. The first-order chi connectivity index (χ1) is 17.2. The fraction of sp³-hybridized carbons (Fsp3) is 0.583. The fourth-order valence-corrected chi connectivity index (χ4v) is 4.66. The first-order valence-corrected chi connectivity index (χ1v) is 12.8. The van der Waals surface area contributed by atoms with E-state index in [1.54, 1.807) is 7.05 Å². The molecular weight excluding hydrogens is 468 g/mol. The fourth-order valence-electron chi connectivity index (χ4n) is 4.07. The molecule has 2 aromatic rings. The second-order valence-electron chi connectivity index (χ2n) is 8.38. The van der Waals surface area contributed by atoms with Crippen LogP contribution in [0.5, 0.6) is 11.5 Å². The van der Waals surface area contributed by atoms with Crippen molar-refractivity contribution in [1.82, 2.24) is 15.1 Å². The number of hydrogen-bond donors (Lipinski definition) is 1. The Morgan fingerprint density at radius 1 is 1.20 bits per heavy atom. The highest BCUT2D eigenvalue weighted by Gasteiger charge is 2.23. The van der Waals surface area contributed by atoms with Crippen molar-refractivity contribution in [1.29, 1.82) is 0 Å². The van der Waals surface area contributed by atoms with Crippen LogP contribution in [0.4, 0.5) is 10.8 Å². The van der Waals surface area contributed by atoms with Crippen molar-refractivity contribution >= 4 is 34.7 Å². The van der Waals surface area contributed by atoms with Gasteiger partial charge in [0.2, 0.25) is 5.13 Å². The largest absolute Gasteiger partial charge is 0.493 e. The molecule has 0 spiro atoms. The predicted molar refractivity (Wildman–Crippen MR) is 138 cm³/mol. The van der Waals surface area contributed by atoms with Crippen molar-refractivity contribution in [3.05, 3.63) is 22.7 Å². The first kappa shape index (κ1) is 25.5. The maximum Gasteiger partial charge on any atom is 0.211 e. The van der Waals surface area contributed by atoms with Crippen molar-refractivity contribution in [2.45, 2.75) is 32.3 Å². The van der Waals surface area contributed by atoms with Gasteiger partial charge in [0.1, 0.15) is 28.4 Å². The summed E-state index contributed by atoms with van der Waals surface area (Å²) in [5.41, 5.74) is 1.36. The molecule has 0 saturated carbocycles. The molecule has 35 heavy (non-hydrogen) atoms. The van der Waals surface area contributed by atoms with Crippen molar-refractivity contribution in [2.75, 3.05) is 65.0 Å². The molecule has 190 valence electrons. The second-order valence-corrected chi connectivity index (χ2v) is 9.56. The van der Waals surface area contributed by atoms with Crippen molar-refractivity contribution in [3.8, 4) is 11.5 Å². The quantitative estimate of drug-likeness (QED) is 0.300. The summed E-state index contributed by atoms with van der Waals surface area (Å²) < 4.78 is 23.5. The van der Waals surface area contributed by atoms with Crippen LogP contribution in [0.25, 0.3) is 0 Å². The Hall–Kier alpha value is -2.60. The number of hydrogen-bond acceptors (Lipinski definition) is 10. The molecule has 0 unspecified atom stereocenters. The van der Waals surface area contributed by atoms with Gasteiger partial charge in [0.25, 0.3) is 0 Å². The lowest BCUT2D eigenvalue weighted by atomic mass is 10.1. The molecule has 10 nitrogen and oxygen atoms in total. The van der Waals surface area contributed by atoms with E-state index in [0.29, 0.717) is 48.0 Å². The predicted octanol–water partition coefficient (Wildman–Crippen LogP) is 3.33. The molecule has 0 atom stereocenters. The summed E-state index contributed by atoms with van der Waals surface area (Å²) in [5.74, 6) is 1.94. The van der Waals surface area contributed by atoms with Crippen molar-refractivity contribution < 1.29 is 18.9 Å². The lowest BCUT2D eigenvalue weighted by Crippen LogP contribution is -2.37. The van der Waals surface area contributed by atoms with Gasteiger partial charge in [0.05, 0.1) is 44.3 Å². The van der Waals surface area contributed by atoms with E-state index in [9.17, 15) is 0 Å². The molecule has 0 bridgehead atoms. The highest BCUT2D eigenvalue weighted by molar-refractivity contribution is 7.15. The molecule has 1 aromatic carbocycles. The van der Waals surface area contributed by atoms with Crippen LogP contribution in [0.2, 0.25) is 0 Å². The first-order valence-electron chi connectivity index (χ1n) is 12.0. The number of anilines is 1. The second kappa shape index (κ2) is 12.9. The minimum Gasteiger partial charge on any atom is -0.493 e. The number of aromatic nitrogens is 2. The molecule has 0 radical (unpaired) electrons. The Morgan fingerprint density at radius 2 is 1.97 bits per heavy atom. The van der Waals surface area contributed by atoms with Gasteiger partial charge < -0.3 is 24.3 Å². The summed E-state index contributed by atoms with van der Waals surface area (Å²) in [6, 6.07) is 3.80. The van der Waals surface area contributed by atoms with Crippen LogP contribution in [0.3, 0.4) is 0 Å². The van der Waals surface area contributed by atoms with Gasteiger partial charge in [-0.1, -0.05) is 11.3 Å². The molecule has 11 heteroatoms. The highest BCUT2D eigenvalue weighted by Crippen LogP contribution is 2.37. The Bertz CT molecular complexity index is 1000. The van der Waals surface area contributed by atoms with Gasteiger partial charge in [-0.05, 0) is 20.1 Å². The minimum atomic E-state index is 0.0404. The van der Waals surface area contributed by atoms with Crippen LogP contribution >= 0.6 is 11.3 Å². The van der Waals surface area contributed by atoms with Gasteiger partial charge in [-0.25, -0.2) is 0 Å². The lowest BCUT2D eigenvalue weighted by molar-refractivity contribution is 0.0254. The van der Waals surface area contributed by atoms with Crippen LogP contribution in [0.15, 0.2) is 22.1 Å². The van der Waals surface area contributed by atoms with E-state index in [-0.39, 0.29) is 6.10 Å². The van der Waals surface area contributed by atoms with Crippen molar-refractivity contribution in [2.24, 2.45) is 9.98 Å². The van der Waals surface area contributed by atoms with Gasteiger partial charge >= 0.3 is 0 Å². The normalized spacial score (nSPS) is 17.8. The van der Waals surface area contributed by atoms with Crippen LogP contribution in [-0.2, 0) is 9.47 Å². The van der Waals surface area contributed by atoms with Gasteiger partial charge in [0, 0.05) is 51.7 Å². The van der Waals surface area contributed by atoms with Crippen LogP contribution in [-0.4, -0.2) is 93.5 Å². The topological polar surface area (TPSA) is 103 Å². The molecule has 1 aromatic heterocycles. The number of ether oxygens (including phenoxy) is 4. The van der Waals surface area contributed by atoms with Gasteiger partial charge in [-0.3, -0.25) is 14.9 Å². The van der Waals surface area contributed by atoms with E-state index in [4.69, 9.17) is 18.9 Å². The van der Waals surface area contributed by atoms with E-state index in [2.05, 4.69) is 37.1 Å². The molecule has 4 rings (SSSR count). The molecule has 2 fully saturated rings. The number of morpholine rings is 1. The maximum atomic E-state index is 6.47. The average Bonchev–Trinajstić information content (AvgIpc) is 3.31. The molecule has 2 aliphatic heterocycles. The number of aliphatic imine (C=N–C) groups is 2. The summed E-state index contributed by atoms with van der Waals surface area (Å²) in [7, 11) is 1.72. The van der Waals surface area contributed by atoms with Crippen molar-refractivity contribution in [3.63, 3.8) is 0 Å². The van der Waals surface area contributed by atoms with E-state index < -0.39 is 0 Å². The molecule has 3 heterocycles. The number of nitrogens with zero attached hydrogens (tertiary/aromatic N) is 5. The summed E-state index contributed by atoms with van der Waals surface area (Å²) >= 11 is 1.46. The summed E-state index contributed by atoms with van der Waals surface area (Å²) in [4.78, 5) is 11.2. The van der Waals surface area contributed by atoms with Gasteiger partial charge in [-0.15, -0.1) is 10.2 Å². The van der Waals surface area contributed by atoms with Crippen LogP contribution < -0.4 is 14.8 Å². The Balaban J connectivity index is 1.53. The summed E-state index contributed by atoms with van der Waals surface area (Å²) in [6.07, 6.45) is 2.61. The Kier molecular flexibility index (Phi) is 9.41. The smallest absolute Gasteiger partial charge is 0.211 e. The zero-order valence-electron chi connectivity index (χ0n) is 20.5. The third-order valence-electron chi connectivity index (χ3n) is 5.89.